The Morgan fingerprint density at radius 2 is 1.21 bits per heavy atom. The smallest absolute Gasteiger partial charge is 0.187 e. The molecule has 0 radical (unpaired) electrons. The number of anilines is 3. The molecule has 58 heavy (non-hydrogen) atoms. The lowest BCUT2D eigenvalue weighted by molar-refractivity contribution is 0.498. The average molecular weight is 748 g/mol. The lowest BCUT2D eigenvalue weighted by atomic mass is 9.64. The highest BCUT2D eigenvalue weighted by Gasteiger charge is 2.51. The van der Waals surface area contributed by atoms with Crippen molar-refractivity contribution in [1.82, 2.24) is 0 Å². The van der Waals surface area contributed by atoms with Crippen LogP contribution in [0.4, 0.5) is 22.7 Å². The molecule has 280 valence electrons. The van der Waals surface area contributed by atoms with Gasteiger partial charge in [-0.2, -0.15) is 5.26 Å². The molecule has 0 bridgehead atoms. The summed E-state index contributed by atoms with van der Waals surface area (Å²) in [7, 11) is 0. The van der Waals surface area contributed by atoms with E-state index in [-0.39, 0.29) is 0 Å². The Morgan fingerprint density at radius 1 is 0.638 bits per heavy atom. The second-order valence-corrected chi connectivity index (χ2v) is 15.7. The molecule has 0 saturated heterocycles. The van der Waals surface area contributed by atoms with Crippen molar-refractivity contribution in [2.75, 3.05) is 4.90 Å². The number of benzene rings is 7. The molecule has 0 fully saturated rings. The molecule has 3 heteroatoms. The van der Waals surface area contributed by atoms with Gasteiger partial charge < -0.3 is 4.90 Å². The Bertz CT molecular complexity index is 2600. The van der Waals surface area contributed by atoms with Gasteiger partial charge in [0.1, 0.15) is 0 Å². The van der Waals surface area contributed by atoms with E-state index in [0.717, 1.165) is 69.7 Å². The third-order valence-electron chi connectivity index (χ3n) is 12.7. The number of allylic oxidation sites excluding steroid dienone is 1. The van der Waals surface area contributed by atoms with Crippen LogP contribution < -0.4 is 4.90 Å². The first kappa shape index (κ1) is 36.7. The minimum absolute atomic E-state index is 0.521. The number of fused-ring (bicyclic) bond motifs is 9. The molecule has 7 aromatic rings. The maximum absolute atomic E-state index is 10.1. The largest absolute Gasteiger partial charge is 0.310 e. The standard InChI is InChI=1S/C55H45N3/c1-4-6-14-41(40-15-8-7-9-16-40)23-22-39(5-2)42-24-26-43(27-25-42)44-28-31-46(32-29-44)58-53-19-12-10-17-49(53)55(50-18-11-13-20-54(50)58)51-35-38(37-56)21-33-47(51)48-34-30-45(57-3)36-52(48)55/h4,7-13,15-21,24-36,39,41H,1,5-6,14,22-23H2,2H3. The summed E-state index contributed by atoms with van der Waals surface area (Å²) in [6.45, 7) is 14.2. The van der Waals surface area contributed by atoms with Gasteiger partial charge in [0, 0.05) is 5.69 Å². The Labute approximate surface area is 343 Å². The van der Waals surface area contributed by atoms with Gasteiger partial charge in [0.05, 0.1) is 35.0 Å². The molecule has 0 aromatic heterocycles. The maximum atomic E-state index is 10.1. The molecule has 2 atom stereocenters. The van der Waals surface area contributed by atoms with Gasteiger partial charge in [0.25, 0.3) is 0 Å². The highest BCUT2D eigenvalue weighted by atomic mass is 15.2. The molecule has 7 aromatic carbocycles. The average Bonchev–Trinajstić information content (AvgIpc) is 3.57. The molecule has 0 amide bonds. The summed E-state index contributed by atoms with van der Waals surface area (Å²) >= 11 is 0. The number of nitrogens with zero attached hydrogens (tertiary/aromatic N) is 3. The summed E-state index contributed by atoms with van der Waals surface area (Å²) < 4.78 is 0. The minimum atomic E-state index is -0.700. The second-order valence-electron chi connectivity index (χ2n) is 15.7. The topological polar surface area (TPSA) is 31.4 Å². The van der Waals surface area contributed by atoms with E-state index in [4.69, 9.17) is 6.57 Å². The Hall–Kier alpha value is -6.94. The monoisotopic (exact) mass is 747 g/mol. The predicted molar refractivity (Wildman–Crippen MR) is 239 cm³/mol. The molecule has 1 aliphatic heterocycles. The molecule has 3 nitrogen and oxygen atoms in total. The van der Waals surface area contributed by atoms with Crippen molar-refractivity contribution in [2.24, 2.45) is 0 Å². The Kier molecular flexibility index (Phi) is 9.83. The lowest BCUT2D eigenvalue weighted by Gasteiger charge is -2.45. The zero-order chi connectivity index (χ0) is 39.6. The zero-order valence-electron chi connectivity index (χ0n) is 32.9. The third kappa shape index (κ3) is 6.12. The number of para-hydroxylation sites is 2. The van der Waals surface area contributed by atoms with Crippen LogP contribution in [0.3, 0.4) is 0 Å². The second kappa shape index (κ2) is 15.5. The molecule has 0 saturated carbocycles. The highest BCUT2D eigenvalue weighted by Crippen LogP contribution is 2.63. The van der Waals surface area contributed by atoms with Crippen LogP contribution in [0.2, 0.25) is 0 Å². The number of hydrogen-bond donors (Lipinski definition) is 0. The van der Waals surface area contributed by atoms with Gasteiger partial charge in [-0.3, -0.25) is 0 Å². The fourth-order valence-electron chi connectivity index (χ4n) is 9.84. The van der Waals surface area contributed by atoms with Gasteiger partial charge in [-0.25, -0.2) is 4.85 Å². The van der Waals surface area contributed by atoms with Crippen molar-refractivity contribution in [3.8, 4) is 28.3 Å². The molecule has 0 N–H and O–H groups in total. The van der Waals surface area contributed by atoms with E-state index in [0.29, 0.717) is 23.1 Å². The summed E-state index contributed by atoms with van der Waals surface area (Å²) in [6, 6.07) is 61.0. The fourth-order valence-corrected chi connectivity index (χ4v) is 9.84. The Morgan fingerprint density at radius 3 is 1.83 bits per heavy atom. The van der Waals surface area contributed by atoms with Crippen LogP contribution in [-0.4, -0.2) is 0 Å². The predicted octanol–water partition coefficient (Wildman–Crippen LogP) is 14.9. The van der Waals surface area contributed by atoms with Crippen molar-refractivity contribution >= 4 is 22.7 Å². The van der Waals surface area contributed by atoms with E-state index in [1.807, 2.05) is 18.2 Å². The first-order chi connectivity index (χ1) is 28.6. The van der Waals surface area contributed by atoms with E-state index in [2.05, 4.69) is 181 Å². The normalized spacial score (nSPS) is 13.9. The van der Waals surface area contributed by atoms with Crippen LogP contribution in [0, 0.1) is 17.9 Å². The number of rotatable bonds is 11. The summed E-state index contributed by atoms with van der Waals surface area (Å²) in [5, 5.41) is 10.1. The molecule has 9 rings (SSSR count). The van der Waals surface area contributed by atoms with E-state index < -0.39 is 5.41 Å². The van der Waals surface area contributed by atoms with Crippen LogP contribution in [0.5, 0.6) is 0 Å². The molecule has 1 spiro atoms. The lowest BCUT2D eigenvalue weighted by Crippen LogP contribution is -2.36. The summed E-state index contributed by atoms with van der Waals surface area (Å²) in [5.41, 5.74) is 15.6. The first-order valence-electron chi connectivity index (χ1n) is 20.5. The van der Waals surface area contributed by atoms with Crippen molar-refractivity contribution in [1.29, 1.82) is 5.26 Å². The first-order valence-corrected chi connectivity index (χ1v) is 20.5. The highest BCUT2D eigenvalue weighted by molar-refractivity contribution is 5.96. The maximum Gasteiger partial charge on any atom is 0.187 e. The van der Waals surface area contributed by atoms with Crippen LogP contribution in [-0.2, 0) is 5.41 Å². The van der Waals surface area contributed by atoms with Crippen LogP contribution in [0.15, 0.2) is 176 Å². The van der Waals surface area contributed by atoms with Crippen LogP contribution >= 0.6 is 0 Å². The summed E-state index contributed by atoms with van der Waals surface area (Å²) in [4.78, 5) is 6.24. The van der Waals surface area contributed by atoms with Gasteiger partial charge in [0.2, 0.25) is 0 Å². The molecule has 2 unspecified atom stereocenters. The summed E-state index contributed by atoms with van der Waals surface area (Å²) in [6.07, 6.45) is 7.69. The van der Waals surface area contributed by atoms with Crippen LogP contribution in [0.1, 0.15) is 89.8 Å². The molecular formula is C55H45N3. The van der Waals surface area contributed by atoms with Gasteiger partial charge in [-0.05, 0) is 136 Å². The SMILES string of the molecule is [C-]#[N+]c1ccc2c(c1)C1(c3cc(C#N)ccc3-2)c2ccccc2N(c2ccc(-c3ccc(C(CC)CCC(CCC=C)c4ccccc4)cc3)cc2)c2ccccc21. The van der Waals surface area contributed by atoms with E-state index in [1.165, 1.54) is 35.1 Å². The number of nitriles is 1. The van der Waals surface area contributed by atoms with Gasteiger partial charge in [-0.15, -0.1) is 6.58 Å². The number of hydrogen-bond acceptors (Lipinski definition) is 2. The fraction of sp³-hybridized carbons (Fsp3) is 0.164. The third-order valence-corrected chi connectivity index (χ3v) is 12.7. The zero-order valence-corrected chi connectivity index (χ0v) is 32.9. The molecular weight excluding hydrogens is 703 g/mol. The van der Waals surface area contributed by atoms with Crippen molar-refractivity contribution in [2.45, 2.75) is 56.3 Å². The quantitative estimate of drug-likeness (QED) is 0.0974. The van der Waals surface area contributed by atoms with E-state index in [9.17, 15) is 5.26 Å². The van der Waals surface area contributed by atoms with Crippen molar-refractivity contribution < 1.29 is 0 Å². The minimum Gasteiger partial charge on any atom is -0.310 e. The van der Waals surface area contributed by atoms with E-state index in [1.54, 1.807) is 0 Å². The molecule has 1 aliphatic carbocycles. The van der Waals surface area contributed by atoms with Crippen molar-refractivity contribution in [3.05, 3.63) is 227 Å². The van der Waals surface area contributed by atoms with Gasteiger partial charge in [-0.1, -0.05) is 140 Å². The molecule has 1 heterocycles. The van der Waals surface area contributed by atoms with Gasteiger partial charge in [0.15, 0.2) is 5.69 Å². The Balaban J connectivity index is 1.05. The summed E-state index contributed by atoms with van der Waals surface area (Å²) in [5.74, 6) is 1.07. The molecule has 2 aliphatic rings. The van der Waals surface area contributed by atoms with E-state index >= 15 is 0 Å². The van der Waals surface area contributed by atoms with Crippen molar-refractivity contribution in [3.63, 3.8) is 0 Å². The van der Waals surface area contributed by atoms with Crippen LogP contribution in [0.25, 0.3) is 27.1 Å². The van der Waals surface area contributed by atoms with Gasteiger partial charge >= 0.3 is 0 Å².